The minimum absolute atomic E-state index is 0.173. The lowest BCUT2D eigenvalue weighted by Crippen LogP contribution is -2.47. The van der Waals surface area contributed by atoms with E-state index in [1.54, 1.807) is 6.07 Å². The number of carbonyl (C=O) groups is 1. The fourth-order valence-electron chi connectivity index (χ4n) is 4.16. The molecule has 1 amide bonds. The Morgan fingerprint density at radius 1 is 1.16 bits per heavy atom. The summed E-state index contributed by atoms with van der Waals surface area (Å²) in [4.78, 5) is 15.2. The number of nitrogens with zero attached hydrogens (tertiary/aromatic N) is 1. The Morgan fingerprint density at radius 2 is 1.92 bits per heavy atom. The fourth-order valence-corrected chi connectivity index (χ4v) is 4.64. The summed E-state index contributed by atoms with van der Waals surface area (Å²) in [6, 6.07) is 5.12. The lowest BCUT2D eigenvalue weighted by molar-refractivity contribution is 0.0873. The predicted octanol–water partition coefficient (Wildman–Crippen LogP) is 4.54. The Bertz CT molecular complexity index is 589. The number of likely N-dealkylation sites (tertiary alicyclic amines) is 1. The van der Waals surface area contributed by atoms with Crippen LogP contribution in [-0.2, 0) is 4.43 Å². The van der Waals surface area contributed by atoms with Crippen LogP contribution in [0.1, 0.15) is 60.9 Å². The number of carbonyl (C=O) groups excluding carboxylic acids is 1. The smallest absolute Gasteiger partial charge is 0.254 e. The van der Waals surface area contributed by atoms with Gasteiger partial charge in [-0.05, 0) is 62.4 Å². The molecule has 2 fully saturated rings. The normalized spacial score (nSPS) is 24.9. The van der Waals surface area contributed by atoms with E-state index in [0.29, 0.717) is 5.92 Å². The monoisotopic (exact) mass is 458 g/mol. The van der Waals surface area contributed by atoms with Crippen molar-refractivity contribution in [3.8, 4) is 0 Å². The standard InChI is InChI=1S/C20H28FIN2O/c21-18-12-15(13-22)8-9-17(18)20(25)23-19-7-3-2-6-16(19)14-24-10-4-1-5-11-24/h8-9,12,16,19H,1-7,10-11,13-14H2,(H,23,25)/t16-,19+/m0/s1. The Kier molecular flexibility index (Phi) is 7.10. The largest absolute Gasteiger partial charge is 0.349 e. The van der Waals surface area contributed by atoms with E-state index in [9.17, 15) is 9.18 Å². The minimum atomic E-state index is -0.407. The third kappa shape index (κ3) is 5.16. The number of amides is 1. The summed E-state index contributed by atoms with van der Waals surface area (Å²) in [5, 5.41) is 3.15. The average molecular weight is 458 g/mol. The molecule has 2 aliphatic rings. The molecule has 1 aliphatic heterocycles. The summed E-state index contributed by atoms with van der Waals surface area (Å²) in [6.45, 7) is 3.44. The molecule has 5 heteroatoms. The van der Waals surface area contributed by atoms with Gasteiger partial charge < -0.3 is 10.2 Å². The molecule has 1 saturated heterocycles. The lowest BCUT2D eigenvalue weighted by Gasteiger charge is -2.37. The quantitative estimate of drug-likeness (QED) is 0.520. The molecule has 0 bridgehead atoms. The maximum absolute atomic E-state index is 14.2. The van der Waals surface area contributed by atoms with Crippen LogP contribution >= 0.6 is 22.6 Å². The van der Waals surface area contributed by atoms with Gasteiger partial charge in [-0.3, -0.25) is 4.79 Å². The van der Waals surface area contributed by atoms with Crippen molar-refractivity contribution < 1.29 is 9.18 Å². The molecular weight excluding hydrogens is 430 g/mol. The van der Waals surface area contributed by atoms with Crippen LogP contribution in [-0.4, -0.2) is 36.5 Å². The van der Waals surface area contributed by atoms with Crippen LogP contribution in [0.2, 0.25) is 0 Å². The maximum atomic E-state index is 14.2. The molecule has 3 rings (SSSR count). The molecule has 1 aromatic carbocycles. The molecule has 1 N–H and O–H groups in total. The zero-order chi connectivity index (χ0) is 17.6. The van der Waals surface area contributed by atoms with E-state index in [2.05, 4.69) is 32.8 Å². The third-order valence-corrected chi connectivity index (χ3v) is 6.48. The number of nitrogens with one attached hydrogen (secondary N) is 1. The second kappa shape index (κ2) is 9.31. The van der Waals surface area contributed by atoms with Gasteiger partial charge in [-0.2, -0.15) is 0 Å². The SMILES string of the molecule is O=C(N[C@@H]1CCCC[C@H]1CN1CCCCC1)c1ccc(CI)cc1F. The highest BCUT2D eigenvalue weighted by Gasteiger charge is 2.29. The zero-order valence-corrected chi connectivity index (χ0v) is 16.9. The van der Waals surface area contributed by atoms with E-state index in [0.717, 1.165) is 35.8 Å². The van der Waals surface area contributed by atoms with Crippen LogP contribution in [0.15, 0.2) is 18.2 Å². The van der Waals surface area contributed by atoms with Crippen LogP contribution in [0.4, 0.5) is 4.39 Å². The van der Waals surface area contributed by atoms with Gasteiger partial charge in [0.25, 0.3) is 5.91 Å². The van der Waals surface area contributed by atoms with Crippen molar-refractivity contribution >= 4 is 28.5 Å². The van der Waals surface area contributed by atoms with Gasteiger partial charge in [0.2, 0.25) is 0 Å². The Morgan fingerprint density at radius 3 is 2.64 bits per heavy atom. The van der Waals surface area contributed by atoms with Gasteiger partial charge in [-0.25, -0.2) is 4.39 Å². The van der Waals surface area contributed by atoms with Crippen LogP contribution in [0.25, 0.3) is 0 Å². The molecule has 0 unspecified atom stereocenters. The molecule has 2 atom stereocenters. The highest BCUT2D eigenvalue weighted by molar-refractivity contribution is 14.1. The van der Waals surface area contributed by atoms with Gasteiger partial charge in [-0.15, -0.1) is 0 Å². The van der Waals surface area contributed by atoms with Crippen molar-refractivity contribution in [1.29, 1.82) is 0 Å². The average Bonchev–Trinajstić information content (AvgIpc) is 2.64. The maximum Gasteiger partial charge on any atom is 0.254 e. The number of piperidine rings is 1. The number of rotatable bonds is 5. The Hall–Kier alpha value is -0.690. The predicted molar refractivity (Wildman–Crippen MR) is 108 cm³/mol. The highest BCUT2D eigenvalue weighted by Crippen LogP contribution is 2.27. The molecule has 25 heavy (non-hydrogen) atoms. The highest BCUT2D eigenvalue weighted by atomic mass is 127. The Balaban J connectivity index is 1.63. The van der Waals surface area contributed by atoms with E-state index in [1.165, 1.54) is 44.8 Å². The van der Waals surface area contributed by atoms with Crippen molar-refractivity contribution in [2.75, 3.05) is 19.6 Å². The van der Waals surface area contributed by atoms with Crippen LogP contribution in [0, 0.1) is 11.7 Å². The number of hydrogen-bond donors (Lipinski definition) is 1. The first kappa shape index (κ1) is 19.1. The number of benzene rings is 1. The van der Waals surface area contributed by atoms with Gasteiger partial charge in [0.15, 0.2) is 0 Å². The summed E-state index contributed by atoms with van der Waals surface area (Å²) in [5.74, 6) is -0.171. The molecule has 1 aromatic rings. The van der Waals surface area contributed by atoms with Crippen LogP contribution in [0.3, 0.4) is 0 Å². The van der Waals surface area contributed by atoms with Crippen molar-refractivity contribution in [1.82, 2.24) is 10.2 Å². The van der Waals surface area contributed by atoms with Gasteiger partial charge in [0.05, 0.1) is 5.56 Å². The number of alkyl halides is 1. The number of halogens is 2. The first-order chi connectivity index (χ1) is 12.2. The summed E-state index contributed by atoms with van der Waals surface area (Å²) < 4.78 is 15.0. The molecular formula is C20H28FIN2O. The topological polar surface area (TPSA) is 32.3 Å². The molecule has 1 heterocycles. The van der Waals surface area contributed by atoms with E-state index < -0.39 is 5.82 Å². The van der Waals surface area contributed by atoms with Crippen LogP contribution < -0.4 is 5.32 Å². The van der Waals surface area contributed by atoms with Gasteiger partial charge >= 0.3 is 0 Å². The molecule has 3 nitrogen and oxygen atoms in total. The molecule has 1 saturated carbocycles. The van der Waals surface area contributed by atoms with E-state index >= 15 is 0 Å². The number of hydrogen-bond acceptors (Lipinski definition) is 2. The Labute approximate surface area is 163 Å². The first-order valence-corrected chi connectivity index (χ1v) is 11.1. The van der Waals surface area contributed by atoms with Crippen molar-refractivity contribution in [3.05, 3.63) is 35.1 Å². The molecule has 0 spiro atoms. The lowest BCUT2D eigenvalue weighted by atomic mass is 9.83. The van der Waals surface area contributed by atoms with Crippen molar-refractivity contribution in [2.45, 2.75) is 55.4 Å². The second-order valence-corrected chi connectivity index (χ2v) is 8.20. The zero-order valence-electron chi connectivity index (χ0n) is 14.8. The summed E-state index contributed by atoms with van der Waals surface area (Å²) >= 11 is 2.20. The van der Waals surface area contributed by atoms with E-state index in [4.69, 9.17) is 0 Å². The van der Waals surface area contributed by atoms with Crippen molar-refractivity contribution in [3.63, 3.8) is 0 Å². The van der Waals surface area contributed by atoms with Gasteiger partial charge in [0, 0.05) is 17.0 Å². The van der Waals surface area contributed by atoms with Crippen LogP contribution in [0.5, 0.6) is 0 Å². The minimum Gasteiger partial charge on any atom is -0.349 e. The summed E-state index contributed by atoms with van der Waals surface area (Å²) in [7, 11) is 0. The first-order valence-electron chi connectivity index (χ1n) is 9.55. The van der Waals surface area contributed by atoms with Crippen molar-refractivity contribution in [2.24, 2.45) is 5.92 Å². The molecule has 0 radical (unpaired) electrons. The van der Waals surface area contributed by atoms with E-state index in [-0.39, 0.29) is 17.5 Å². The van der Waals surface area contributed by atoms with Gasteiger partial charge in [0.1, 0.15) is 5.82 Å². The molecule has 138 valence electrons. The molecule has 0 aromatic heterocycles. The fraction of sp³-hybridized carbons (Fsp3) is 0.650. The summed E-state index contributed by atoms with van der Waals surface area (Å²) in [6.07, 6.45) is 8.49. The molecule has 1 aliphatic carbocycles. The van der Waals surface area contributed by atoms with E-state index in [1.807, 2.05) is 6.07 Å². The summed E-state index contributed by atoms with van der Waals surface area (Å²) in [5.41, 5.74) is 1.09. The second-order valence-electron chi connectivity index (χ2n) is 7.43. The van der Waals surface area contributed by atoms with Gasteiger partial charge in [-0.1, -0.05) is 47.9 Å². The third-order valence-electron chi connectivity index (χ3n) is 5.60.